The maximum atomic E-state index is 12.3. The lowest BCUT2D eigenvalue weighted by molar-refractivity contribution is 0.0596. The number of sulfonamides is 1. The van der Waals surface area contributed by atoms with Crippen LogP contribution in [-0.2, 0) is 14.8 Å². The van der Waals surface area contributed by atoms with E-state index < -0.39 is 16.0 Å². The quantitative estimate of drug-likeness (QED) is 0.634. The average molecular weight is 328 g/mol. The number of carbonyl (C=O) groups excluding carboxylic acids is 1. The van der Waals surface area contributed by atoms with Crippen LogP contribution >= 0.6 is 11.3 Å². The van der Waals surface area contributed by atoms with Crippen molar-refractivity contribution in [1.29, 1.82) is 0 Å². The number of hydrogen-bond acceptors (Lipinski definition) is 8. The van der Waals surface area contributed by atoms with Gasteiger partial charge in [0.05, 0.1) is 12.7 Å². The monoisotopic (exact) mass is 328 g/mol. The molecule has 0 aliphatic heterocycles. The zero-order valence-electron chi connectivity index (χ0n) is 11.2. The minimum absolute atomic E-state index is 0.111. The highest BCUT2D eigenvalue weighted by Crippen LogP contribution is 2.24. The molecule has 112 valence electrons. The number of nitrogens with zero attached hydrogens (tertiary/aromatic N) is 2. The second kappa shape index (κ2) is 5.66. The maximum absolute atomic E-state index is 12.3. The topological polar surface area (TPSA) is 124 Å². The van der Waals surface area contributed by atoms with Crippen LogP contribution in [0.25, 0.3) is 0 Å². The Hall–Kier alpha value is -2.20. The van der Waals surface area contributed by atoms with E-state index >= 15 is 0 Å². The molecule has 1 aromatic carbocycles. The van der Waals surface area contributed by atoms with Crippen LogP contribution in [0.5, 0.6) is 0 Å². The summed E-state index contributed by atoms with van der Waals surface area (Å²) in [5.74, 6) is -0.795. The number of anilines is 2. The summed E-state index contributed by atoms with van der Waals surface area (Å²) in [5.41, 5.74) is 5.68. The lowest BCUT2D eigenvalue weighted by Crippen LogP contribution is -2.17. The fraction of sp³-hybridized carbons (Fsp3) is 0.182. The van der Waals surface area contributed by atoms with Crippen molar-refractivity contribution in [3.8, 4) is 0 Å². The molecule has 2 rings (SSSR count). The van der Waals surface area contributed by atoms with Crippen molar-refractivity contribution in [1.82, 2.24) is 10.2 Å². The largest absolute Gasteiger partial charge is 0.465 e. The van der Waals surface area contributed by atoms with Gasteiger partial charge in [0.1, 0.15) is 9.90 Å². The first-order chi connectivity index (χ1) is 9.83. The van der Waals surface area contributed by atoms with Crippen LogP contribution in [0.3, 0.4) is 0 Å². The summed E-state index contributed by atoms with van der Waals surface area (Å²) in [6.45, 7) is 1.69. The first-order valence-corrected chi connectivity index (χ1v) is 7.94. The zero-order valence-corrected chi connectivity index (χ0v) is 12.8. The number of nitrogens with two attached hydrogens (primary N) is 1. The first-order valence-electron chi connectivity index (χ1n) is 5.64. The predicted octanol–water partition coefficient (Wildman–Crippen LogP) is 1.02. The molecule has 0 saturated heterocycles. The van der Waals surface area contributed by atoms with E-state index in [-0.39, 0.29) is 21.3 Å². The van der Waals surface area contributed by atoms with Gasteiger partial charge in [-0.15, -0.1) is 10.2 Å². The summed E-state index contributed by atoms with van der Waals surface area (Å²) in [6, 6.07) is 3.86. The number of aryl methyl sites for hydroxylation is 1. The van der Waals surface area contributed by atoms with Crippen LogP contribution in [-0.4, -0.2) is 31.7 Å². The van der Waals surface area contributed by atoms with Crippen molar-refractivity contribution < 1.29 is 17.9 Å². The molecule has 0 amide bonds. The Bertz CT molecular complexity index is 785. The summed E-state index contributed by atoms with van der Waals surface area (Å²) < 4.78 is 31.5. The van der Waals surface area contributed by atoms with Gasteiger partial charge in [-0.05, 0) is 25.1 Å². The summed E-state index contributed by atoms with van der Waals surface area (Å²) in [4.78, 5) is 11.5. The third-order valence-corrected chi connectivity index (χ3v) is 4.73. The lowest BCUT2D eigenvalue weighted by atomic mass is 10.2. The first kappa shape index (κ1) is 15.2. The fourth-order valence-corrected chi connectivity index (χ4v) is 3.56. The molecule has 1 heterocycles. The van der Waals surface area contributed by atoms with Crippen LogP contribution in [0.1, 0.15) is 15.4 Å². The van der Waals surface area contributed by atoms with Crippen LogP contribution in [0.15, 0.2) is 23.1 Å². The van der Waals surface area contributed by atoms with Gasteiger partial charge in [0, 0.05) is 5.69 Å². The van der Waals surface area contributed by atoms with E-state index in [9.17, 15) is 13.2 Å². The third kappa shape index (κ3) is 3.28. The van der Waals surface area contributed by atoms with Crippen molar-refractivity contribution in [2.45, 2.75) is 11.8 Å². The molecule has 0 unspecified atom stereocenters. The molecule has 10 heteroatoms. The molecule has 1 aromatic heterocycles. The van der Waals surface area contributed by atoms with Gasteiger partial charge in [-0.25, -0.2) is 13.2 Å². The number of nitrogen functional groups attached to an aromatic ring is 1. The van der Waals surface area contributed by atoms with E-state index in [0.29, 0.717) is 5.01 Å². The van der Waals surface area contributed by atoms with E-state index in [2.05, 4.69) is 19.7 Å². The number of methoxy groups -OCH3 is 1. The Morgan fingerprint density at radius 2 is 2.10 bits per heavy atom. The SMILES string of the molecule is COC(=O)c1cc(N)ccc1S(=O)(=O)Nc1nnc(C)s1. The predicted molar refractivity (Wildman–Crippen MR) is 77.6 cm³/mol. The van der Waals surface area contributed by atoms with Gasteiger partial charge in [-0.1, -0.05) is 11.3 Å². The molecule has 8 nitrogen and oxygen atoms in total. The zero-order chi connectivity index (χ0) is 15.6. The van der Waals surface area contributed by atoms with E-state index in [1.165, 1.54) is 18.2 Å². The van der Waals surface area contributed by atoms with Gasteiger partial charge >= 0.3 is 5.97 Å². The van der Waals surface area contributed by atoms with Crippen LogP contribution < -0.4 is 10.5 Å². The minimum Gasteiger partial charge on any atom is -0.465 e. The Labute approximate surface area is 125 Å². The molecular formula is C11H12N4O4S2. The van der Waals surface area contributed by atoms with Crippen LogP contribution in [0.4, 0.5) is 10.8 Å². The number of rotatable bonds is 4. The molecule has 0 atom stereocenters. The number of nitrogens with one attached hydrogen (secondary N) is 1. The van der Waals surface area contributed by atoms with Crippen LogP contribution in [0, 0.1) is 6.92 Å². The number of benzene rings is 1. The van der Waals surface area contributed by atoms with Crippen molar-refractivity contribution in [3.05, 3.63) is 28.8 Å². The van der Waals surface area contributed by atoms with E-state index in [0.717, 1.165) is 18.4 Å². The second-order valence-electron chi connectivity index (χ2n) is 3.98. The molecule has 0 aliphatic rings. The van der Waals surface area contributed by atoms with Gasteiger partial charge in [0.15, 0.2) is 0 Å². The Balaban J connectivity index is 2.46. The number of carbonyl (C=O) groups is 1. The summed E-state index contributed by atoms with van der Waals surface area (Å²) in [6.07, 6.45) is 0. The number of ether oxygens (including phenoxy) is 1. The molecular weight excluding hydrogens is 316 g/mol. The van der Waals surface area contributed by atoms with E-state index in [4.69, 9.17) is 5.73 Å². The normalized spacial score (nSPS) is 11.1. The highest BCUT2D eigenvalue weighted by atomic mass is 32.2. The molecule has 0 radical (unpaired) electrons. The molecule has 0 spiro atoms. The summed E-state index contributed by atoms with van der Waals surface area (Å²) >= 11 is 1.08. The molecule has 0 fully saturated rings. The van der Waals surface area contributed by atoms with Crippen molar-refractivity contribution in [2.24, 2.45) is 0 Å². The summed E-state index contributed by atoms with van der Waals surface area (Å²) in [7, 11) is -2.84. The third-order valence-electron chi connectivity index (χ3n) is 2.45. The number of hydrogen-bond donors (Lipinski definition) is 2. The smallest absolute Gasteiger partial charge is 0.339 e. The molecule has 21 heavy (non-hydrogen) atoms. The van der Waals surface area contributed by atoms with Gasteiger partial charge in [-0.2, -0.15) is 0 Å². The molecule has 0 bridgehead atoms. The minimum atomic E-state index is -4.00. The Kier molecular flexibility index (Phi) is 4.09. The Morgan fingerprint density at radius 1 is 1.38 bits per heavy atom. The highest BCUT2D eigenvalue weighted by molar-refractivity contribution is 7.93. The Morgan fingerprint density at radius 3 is 2.67 bits per heavy atom. The number of esters is 1. The van der Waals surface area contributed by atoms with E-state index in [1.807, 2.05) is 0 Å². The average Bonchev–Trinajstić information content (AvgIpc) is 2.82. The van der Waals surface area contributed by atoms with Gasteiger partial charge in [0.2, 0.25) is 5.13 Å². The van der Waals surface area contributed by atoms with Gasteiger partial charge in [-0.3, -0.25) is 4.72 Å². The fourth-order valence-electron chi connectivity index (χ4n) is 1.56. The highest BCUT2D eigenvalue weighted by Gasteiger charge is 2.24. The van der Waals surface area contributed by atoms with Gasteiger partial charge < -0.3 is 10.5 Å². The second-order valence-corrected chi connectivity index (χ2v) is 6.81. The number of aromatic nitrogens is 2. The van der Waals surface area contributed by atoms with Crippen molar-refractivity contribution in [2.75, 3.05) is 17.6 Å². The molecule has 3 N–H and O–H groups in total. The van der Waals surface area contributed by atoms with Crippen molar-refractivity contribution in [3.63, 3.8) is 0 Å². The van der Waals surface area contributed by atoms with E-state index in [1.54, 1.807) is 6.92 Å². The summed E-state index contributed by atoms with van der Waals surface area (Å²) in [5, 5.41) is 8.11. The molecule has 0 saturated carbocycles. The molecule has 2 aromatic rings. The van der Waals surface area contributed by atoms with Crippen LogP contribution in [0.2, 0.25) is 0 Å². The van der Waals surface area contributed by atoms with Gasteiger partial charge in [0.25, 0.3) is 10.0 Å². The molecule has 0 aliphatic carbocycles. The standard InChI is InChI=1S/C11H12N4O4S2/c1-6-13-14-11(20-6)15-21(17,18)9-4-3-7(12)5-8(9)10(16)19-2/h3-5H,12H2,1-2H3,(H,14,15). The lowest BCUT2D eigenvalue weighted by Gasteiger charge is -2.10. The van der Waals surface area contributed by atoms with Crippen molar-refractivity contribution >= 4 is 38.1 Å². The maximum Gasteiger partial charge on any atom is 0.339 e.